The fourth-order valence-electron chi connectivity index (χ4n) is 0.498. The van der Waals surface area contributed by atoms with E-state index in [4.69, 9.17) is 5.73 Å². The molecule has 0 unspecified atom stereocenters. The molecule has 46 valence electrons. The summed E-state index contributed by atoms with van der Waals surface area (Å²) >= 11 is 0. The molecule has 3 nitrogen and oxygen atoms in total. The molecule has 1 rings (SSSR count). The van der Waals surface area contributed by atoms with Crippen LogP contribution < -0.4 is 5.73 Å². The van der Waals surface area contributed by atoms with E-state index in [2.05, 4.69) is 9.97 Å². The molecule has 1 aromatic rings. The molecule has 0 aliphatic carbocycles. The zero-order valence-electron chi connectivity index (χ0n) is 4.86. The molecule has 0 saturated heterocycles. The number of aromatic nitrogens is 2. The minimum atomic E-state index is 0.826. The quantitative estimate of drug-likeness (QED) is 0.585. The van der Waals surface area contributed by atoms with Gasteiger partial charge in [-0.3, -0.25) is 0 Å². The summed E-state index contributed by atoms with van der Waals surface area (Å²) in [5, 5.41) is 0. The van der Waals surface area contributed by atoms with E-state index in [-0.39, 0.29) is 0 Å². The van der Waals surface area contributed by atoms with E-state index in [0.29, 0.717) is 0 Å². The SMILES string of the molecule is NC=Cc1ccncn1. The predicted molar refractivity (Wildman–Crippen MR) is 35.3 cm³/mol. The van der Waals surface area contributed by atoms with E-state index in [9.17, 15) is 0 Å². The molecule has 0 aromatic carbocycles. The second-order valence-electron chi connectivity index (χ2n) is 1.49. The minimum Gasteiger partial charge on any atom is -0.405 e. The van der Waals surface area contributed by atoms with Crippen LogP contribution in [0.2, 0.25) is 0 Å². The lowest BCUT2D eigenvalue weighted by molar-refractivity contribution is 1.15. The van der Waals surface area contributed by atoms with Gasteiger partial charge in [0.25, 0.3) is 0 Å². The lowest BCUT2D eigenvalue weighted by atomic mass is 10.4. The Hall–Kier alpha value is -1.38. The highest BCUT2D eigenvalue weighted by Gasteiger charge is 1.80. The fourth-order valence-corrected chi connectivity index (χ4v) is 0.498. The second kappa shape index (κ2) is 2.81. The van der Waals surface area contributed by atoms with Gasteiger partial charge >= 0.3 is 0 Å². The Labute approximate surface area is 53.3 Å². The van der Waals surface area contributed by atoms with Crippen molar-refractivity contribution in [3.63, 3.8) is 0 Å². The zero-order chi connectivity index (χ0) is 6.53. The molecule has 1 heterocycles. The fraction of sp³-hybridized carbons (Fsp3) is 0. The summed E-state index contributed by atoms with van der Waals surface area (Å²) in [6, 6.07) is 1.78. The van der Waals surface area contributed by atoms with Gasteiger partial charge in [-0.1, -0.05) is 0 Å². The van der Waals surface area contributed by atoms with Crippen molar-refractivity contribution in [2.45, 2.75) is 0 Å². The first-order chi connectivity index (χ1) is 4.43. The largest absolute Gasteiger partial charge is 0.405 e. The van der Waals surface area contributed by atoms with Crippen LogP contribution in [0.4, 0.5) is 0 Å². The van der Waals surface area contributed by atoms with E-state index in [1.807, 2.05) is 0 Å². The van der Waals surface area contributed by atoms with Crippen LogP contribution in [0.25, 0.3) is 6.08 Å². The second-order valence-corrected chi connectivity index (χ2v) is 1.49. The van der Waals surface area contributed by atoms with Gasteiger partial charge in [-0.2, -0.15) is 0 Å². The van der Waals surface area contributed by atoms with Crippen molar-refractivity contribution in [2.75, 3.05) is 0 Å². The Morgan fingerprint density at radius 3 is 3.00 bits per heavy atom. The molecule has 3 heteroatoms. The van der Waals surface area contributed by atoms with Crippen molar-refractivity contribution in [3.05, 3.63) is 30.5 Å². The van der Waals surface area contributed by atoms with Crippen molar-refractivity contribution in [3.8, 4) is 0 Å². The van der Waals surface area contributed by atoms with E-state index < -0.39 is 0 Å². The number of rotatable bonds is 1. The van der Waals surface area contributed by atoms with Crippen molar-refractivity contribution < 1.29 is 0 Å². The Morgan fingerprint density at radius 1 is 1.56 bits per heavy atom. The van der Waals surface area contributed by atoms with Crippen LogP contribution in [0.1, 0.15) is 5.69 Å². The predicted octanol–water partition coefficient (Wildman–Crippen LogP) is 0.406. The maximum absolute atomic E-state index is 5.12. The van der Waals surface area contributed by atoms with Gasteiger partial charge in [-0.05, 0) is 18.3 Å². The molecule has 0 aliphatic rings. The normalized spacial score (nSPS) is 10.2. The Kier molecular flexibility index (Phi) is 1.80. The van der Waals surface area contributed by atoms with E-state index >= 15 is 0 Å². The summed E-state index contributed by atoms with van der Waals surface area (Å²) in [5.74, 6) is 0. The first kappa shape index (κ1) is 5.75. The Bertz CT molecular complexity index is 193. The monoisotopic (exact) mass is 121 g/mol. The maximum Gasteiger partial charge on any atom is 0.115 e. The zero-order valence-corrected chi connectivity index (χ0v) is 4.86. The molecular weight excluding hydrogens is 114 g/mol. The lowest BCUT2D eigenvalue weighted by Crippen LogP contribution is -1.82. The van der Waals surface area contributed by atoms with Crippen LogP contribution in [-0.4, -0.2) is 9.97 Å². The molecule has 0 spiro atoms. The molecule has 0 atom stereocenters. The smallest absolute Gasteiger partial charge is 0.115 e. The van der Waals surface area contributed by atoms with Gasteiger partial charge < -0.3 is 5.73 Å². The molecule has 9 heavy (non-hydrogen) atoms. The molecule has 1 aromatic heterocycles. The molecule has 0 fully saturated rings. The number of hydrogen-bond donors (Lipinski definition) is 1. The number of nitrogens with zero attached hydrogens (tertiary/aromatic N) is 2. The number of nitrogens with two attached hydrogens (primary N) is 1. The lowest BCUT2D eigenvalue weighted by Gasteiger charge is -1.85. The standard InChI is InChI=1S/C6H7N3/c7-3-1-6-2-4-8-5-9-6/h1-5H,7H2. The molecule has 0 amide bonds. The van der Waals surface area contributed by atoms with Crippen LogP contribution >= 0.6 is 0 Å². The van der Waals surface area contributed by atoms with Gasteiger partial charge in [0, 0.05) is 6.20 Å². The van der Waals surface area contributed by atoms with Crippen LogP contribution in [0.5, 0.6) is 0 Å². The van der Waals surface area contributed by atoms with Crippen molar-refractivity contribution in [1.82, 2.24) is 9.97 Å². The van der Waals surface area contributed by atoms with Crippen molar-refractivity contribution in [1.29, 1.82) is 0 Å². The molecule has 2 N–H and O–H groups in total. The topological polar surface area (TPSA) is 51.8 Å². The third kappa shape index (κ3) is 1.53. The minimum absolute atomic E-state index is 0.826. The van der Waals surface area contributed by atoms with Gasteiger partial charge in [0.1, 0.15) is 6.33 Å². The summed E-state index contributed by atoms with van der Waals surface area (Å²) in [6.07, 6.45) is 6.31. The van der Waals surface area contributed by atoms with Crippen molar-refractivity contribution >= 4 is 6.08 Å². The summed E-state index contributed by atoms with van der Waals surface area (Å²) in [4.78, 5) is 7.63. The summed E-state index contributed by atoms with van der Waals surface area (Å²) in [6.45, 7) is 0. The van der Waals surface area contributed by atoms with Gasteiger partial charge in [0.05, 0.1) is 5.69 Å². The Balaban J connectivity index is 2.85. The van der Waals surface area contributed by atoms with Gasteiger partial charge in [0.2, 0.25) is 0 Å². The summed E-state index contributed by atoms with van der Waals surface area (Å²) < 4.78 is 0. The van der Waals surface area contributed by atoms with E-state index in [0.717, 1.165) is 5.69 Å². The first-order valence-corrected chi connectivity index (χ1v) is 2.58. The molecule has 0 saturated carbocycles. The van der Waals surface area contributed by atoms with Gasteiger partial charge in [-0.25, -0.2) is 9.97 Å². The van der Waals surface area contributed by atoms with Crippen LogP contribution in [0.3, 0.4) is 0 Å². The third-order valence-corrected chi connectivity index (χ3v) is 0.872. The molecule has 0 aliphatic heterocycles. The van der Waals surface area contributed by atoms with Crippen LogP contribution in [0.15, 0.2) is 24.8 Å². The summed E-state index contributed by atoms with van der Waals surface area (Å²) in [7, 11) is 0. The highest BCUT2D eigenvalue weighted by molar-refractivity contribution is 5.41. The van der Waals surface area contributed by atoms with Gasteiger partial charge in [-0.15, -0.1) is 0 Å². The highest BCUT2D eigenvalue weighted by atomic mass is 14.8. The maximum atomic E-state index is 5.12. The highest BCUT2D eigenvalue weighted by Crippen LogP contribution is 1.90. The Morgan fingerprint density at radius 2 is 2.44 bits per heavy atom. The van der Waals surface area contributed by atoms with E-state index in [1.54, 1.807) is 18.3 Å². The average Bonchev–Trinajstić information content (AvgIpc) is 1.91. The molecular formula is C6H7N3. The van der Waals surface area contributed by atoms with Gasteiger partial charge in [0.15, 0.2) is 0 Å². The van der Waals surface area contributed by atoms with Crippen LogP contribution in [0, 0.1) is 0 Å². The first-order valence-electron chi connectivity index (χ1n) is 2.58. The molecule has 0 bridgehead atoms. The molecule has 0 radical (unpaired) electrons. The third-order valence-electron chi connectivity index (χ3n) is 0.872. The average molecular weight is 121 g/mol. The van der Waals surface area contributed by atoms with E-state index in [1.165, 1.54) is 12.5 Å². The number of hydrogen-bond acceptors (Lipinski definition) is 3. The van der Waals surface area contributed by atoms with Crippen molar-refractivity contribution in [2.24, 2.45) is 5.73 Å². The summed E-state index contributed by atoms with van der Waals surface area (Å²) in [5.41, 5.74) is 5.95. The van der Waals surface area contributed by atoms with Crippen LogP contribution in [-0.2, 0) is 0 Å².